The van der Waals surface area contributed by atoms with Gasteiger partial charge in [0.15, 0.2) is 6.61 Å². The molecule has 2 aromatic heterocycles. The van der Waals surface area contributed by atoms with E-state index >= 15 is 0 Å². The summed E-state index contributed by atoms with van der Waals surface area (Å²) in [5.74, 6) is 0.210. The fourth-order valence-corrected chi connectivity index (χ4v) is 2.69. The van der Waals surface area contributed by atoms with E-state index in [-0.39, 0.29) is 12.5 Å². The highest BCUT2D eigenvalue weighted by Crippen LogP contribution is 2.27. The van der Waals surface area contributed by atoms with Gasteiger partial charge in [-0.15, -0.1) is 0 Å². The van der Waals surface area contributed by atoms with Crippen molar-refractivity contribution < 1.29 is 9.53 Å². The maximum absolute atomic E-state index is 11.8. The van der Waals surface area contributed by atoms with E-state index in [1.807, 2.05) is 35.0 Å². The number of nitrogens with zero attached hydrogens (tertiary/aromatic N) is 2. The zero-order valence-electron chi connectivity index (χ0n) is 12.7. The van der Waals surface area contributed by atoms with Crippen molar-refractivity contribution >= 4 is 34.8 Å². The van der Waals surface area contributed by atoms with Gasteiger partial charge in [-0.3, -0.25) is 4.79 Å². The molecule has 0 aliphatic carbocycles. The minimum absolute atomic E-state index is 0.105. The molecule has 5 nitrogen and oxygen atoms in total. The van der Waals surface area contributed by atoms with Crippen LogP contribution in [-0.4, -0.2) is 28.4 Å². The third kappa shape index (κ3) is 4.19. The van der Waals surface area contributed by atoms with E-state index in [1.165, 1.54) is 0 Å². The highest BCUT2D eigenvalue weighted by atomic mass is 35.5. The van der Waals surface area contributed by atoms with Crippen LogP contribution in [-0.2, 0) is 11.2 Å². The zero-order valence-corrected chi connectivity index (χ0v) is 14.2. The van der Waals surface area contributed by atoms with Crippen molar-refractivity contribution in [2.45, 2.75) is 6.42 Å². The average Bonchev–Trinajstić information content (AvgIpc) is 2.96. The van der Waals surface area contributed by atoms with E-state index in [0.717, 1.165) is 11.3 Å². The summed E-state index contributed by atoms with van der Waals surface area (Å²) in [6.45, 7) is 0.382. The number of carbonyl (C=O) groups excluding carboxylic acids is 1. The van der Waals surface area contributed by atoms with E-state index in [9.17, 15) is 4.79 Å². The summed E-state index contributed by atoms with van der Waals surface area (Å²) in [5.41, 5.74) is 1.81. The van der Waals surface area contributed by atoms with Crippen LogP contribution in [0.2, 0.25) is 10.0 Å². The Morgan fingerprint density at radius 1 is 1.25 bits per heavy atom. The van der Waals surface area contributed by atoms with Gasteiger partial charge in [-0.25, -0.2) is 4.98 Å². The topological polar surface area (TPSA) is 55.6 Å². The van der Waals surface area contributed by atoms with Crippen LogP contribution >= 0.6 is 23.2 Å². The lowest BCUT2D eigenvalue weighted by molar-refractivity contribution is -0.123. The van der Waals surface area contributed by atoms with E-state index in [2.05, 4.69) is 10.3 Å². The molecule has 0 radical (unpaired) electrons. The van der Waals surface area contributed by atoms with Crippen LogP contribution in [0.25, 0.3) is 5.65 Å². The number of imidazole rings is 1. The van der Waals surface area contributed by atoms with Gasteiger partial charge in [0.2, 0.25) is 0 Å². The summed E-state index contributed by atoms with van der Waals surface area (Å²) in [5, 5.41) is 3.69. The first-order valence-electron chi connectivity index (χ1n) is 7.39. The molecule has 0 atom stereocenters. The number of hydrogen-bond donors (Lipinski definition) is 1. The highest BCUT2D eigenvalue weighted by molar-refractivity contribution is 6.35. The van der Waals surface area contributed by atoms with E-state index < -0.39 is 0 Å². The van der Waals surface area contributed by atoms with Crippen LogP contribution in [0.1, 0.15) is 5.69 Å². The molecule has 0 bridgehead atoms. The van der Waals surface area contributed by atoms with E-state index in [1.54, 1.807) is 18.2 Å². The molecule has 2 heterocycles. The second-order valence-corrected chi connectivity index (χ2v) is 6.01. The maximum atomic E-state index is 11.8. The SMILES string of the molecule is O=C(COc1ccc(Cl)cc1Cl)NCCc1cn2ccccc2n1. The third-order valence-electron chi connectivity index (χ3n) is 3.37. The van der Waals surface area contributed by atoms with Crippen molar-refractivity contribution in [2.24, 2.45) is 0 Å². The van der Waals surface area contributed by atoms with Gasteiger partial charge < -0.3 is 14.5 Å². The Labute approximate surface area is 149 Å². The van der Waals surface area contributed by atoms with Gasteiger partial charge in [0.25, 0.3) is 5.91 Å². The lowest BCUT2D eigenvalue weighted by atomic mass is 10.3. The molecule has 0 aliphatic rings. The number of benzene rings is 1. The van der Waals surface area contributed by atoms with Crippen LogP contribution < -0.4 is 10.1 Å². The lowest BCUT2D eigenvalue weighted by Gasteiger charge is -2.08. The standard InChI is InChI=1S/C17H15Cl2N3O2/c18-12-4-5-15(14(19)9-12)24-11-17(23)20-7-6-13-10-22-8-2-1-3-16(22)21-13/h1-5,8-10H,6-7,11H2,(H,20,23). The smallest absolute Gasteiger partial charge is 0.257 e. The van der Waals surface area contributed by atoms with Crippen molar-refractivity contribution in [2.75, 3.05) is 13.2 Å². The first-order valence-corrected chi connectivity index (χ1v) is 8.14. The van der Waals surface area contributed by atoms with Gasteiger partial charge >= 0.3 is 0 Å². The lowest BCUT2D eigenvalue weighted by Crippen LogP contribution is -2.30. The molecule has 1 N–H and O–H groups in total. The van der Waals surface area contributed by atoms with Crippen LogP contribution in [0.4, 0.5) is 0 Å². The minimum Gasteiger partial charge on any atom is -0.482 e. The second kappa shape index (κ2) is 7.55. The molecular formula is C17H15Cl2N3O2. The number of nitrogens with one attached hydrogen (secondary N) is 1. The van der Waals surface area contributed by atoms with Gasteiger partial charge in [-0.2, -0.15) is 0 Å². The first kappa shape index (κ1) is 16.6. The van der Waals surface area contributed by atoms with Crippen LogP contribution in [0, 0.1) is 0 Å². The number of hydrogen-bond acceptors (Lipinski definition) is 3. The predicted octanol–water partition coefficient (Wildman–Crippen LogP) is 3.38. The van der Waals surface area contributed by atoms with Crippen molar-refractivity contribution in [3.05, 3.63) is 64.5 Å². The molecule has 1 aromatic carbocycles. The Morgan fingerprint density at radius 2 is 2.12 bits per heavy atom. The number of amides is 1. The monoisotopic (exact) mass is 363 g/mol. The van der Waals surface area contributed by atoms with Crippen molar-refractivity contribution in [1.82, 2.24) is 14.7 Å². The van der Waals surface area contributed by atoms with Crippen molar-refractivity contribution in [3.8, 4) is 5.75 Å². The fourth-order valence-electron chi connectivity index (χ4n) is 2.22. The Bertz CT molecular complexity index is 831. The second-order valence-electron chi connectivity index (χ2n) is 5.16. The van der Waals surface area contributed by atoms with Crippen molar-refractivity contribution in [3.63, 3.8) is 0 Å². The number of pyridine rings is 1. The van der Waals surface area contributed by atoms with E-state index in [4.69, 9.17) is 27.9 Å². The molecule has 0 spiro atoms. The minimum atomic E-state index is -0.218. The molecule has 124 valence electrons. The molecule has 0 saturated carbocycles. The molecule has 3 rings (SSSR count). The summed E-state index contributed by atoms with van der Waals surface area (Å²) in [6.07, 6.45) is 4.54. The van der Waals surface area contributed by atoms with Crippen LogP contribution in [0.5, 0.6) is 5.75 Å². The highest BCUT2D eigenvalue weighted by Gasteiger charge is 2.07. The number of rotatable bonds is 6. The van der Waals surface area contributed by atoms with Gasteiger partial charge in [0, 0.05) is 30.4 Å². The average molecular weight is 364 g/mol. The van der Waals surface area contributed by atoms with Crippen LogP contribution in [0.15, 0.2) is 48.8 Å². The number of aromatic nitrogens is 2. The number of halogens is 2. The summed E-state index contributed by atoms with van der Waals surface area (Å²) >= 11 is 11.8. The molecule has 1 amide bonds. The predicted molar refractivity (Wildman–Crippen MR) is 93.9 cm³/mol. The van der Waals surface area contributed by atoms with Gasteiger partial charge in [-0.05, 0) is 30.3 Å². The van der Waals surface area contributed by atoms with E-state index in [0.29, 0.717) is 28.8 Å². The Balaban J connectivity index is 1.45. The largest absolute Gasteiger partial charge is 0.482 e. The van der Waals surface area contributed by atoms with Gasteiger partial charge in [0.05, 0.1) is 10.7 Å². The van der Waals surface area contributed by atoms with Crippen molar-refractivity contribution in [1.29, 1.82) is 0 Å². The Hall–Kier alpha value is -2.24. The quantitative estimate of drug-likeness (QED) is 0.730. The Kier molecular flexibility index (Phi) is 5.23. The van der Waals surface area contributed by atoms with Gasteiger partial charge in [-0.1, -0.05) is 29.3 Å². The maximum Gasteiger partial charge on any atom is 0.257 e. The number of carbonyl (C=O) groups is 1. The normalized spacial score (nSPS) is 10.8. The zero-order chi connectivity index (χ0) is 16.9. The molecule has 3 aromatic rings. The fraction of sp³-hybridized carbons (Fsp3) is 0.176. The molecule has 24 heavy (non-hydrogen) atoms. The third-order valence-corrected chi connectivity index (χ3v) is 3.90. The summed E-state index contributed by atoms with van der Waals surface area (Å²) < 4.78 is 7.33. The first-order chi connectivity index (χ1) is 11.6. The summed E-state index contributed by atoms with van der Waals surface area (Å²) in [4.78, 5) is 16.3. The molecule has 7 heteroatoms. The summed E-state index contributed by atoms with van der Waals surface area (Å²) in [7, 11) is 0. The molecular weight excluding hydrogens is 349 g/mol. The number of ether oxygens (including phenoxy) is 1. The summed E-state index contributed by atoms with van der Waals surface area (Å²) in [6, 6.07) is 10.7. The molecule has 0 unspecified atom stereocenters. The Morgan fingerprint density at radius 3 is 2.92 bits per heavy atom. The van der Waals surface area contributed by atoms with Crippen LogP contribution in [0.3, 0.4) is 0 Å². The van der Waals surface area contributed by atoms with Gasteiger partial charge in [0.1, 0.15) is 11.4 Å². The molecule has 0 saturated heterocycles. The molecule has 0 aliphatic heterocycles. The molecule has 0 fully saturated rings. The number of fused-ring (bicyclic) bond motifs is 1.